The van der Waals surface area contributed by atoms with Crippen LogP contribution >= 0.6 is 0 Å². The van der Waals surface area contributed by atoms with E-state index in [1.807, 2.05) is 7.05 Å². The fraction of sp³-hybridized carbons (Fsp3) is 0.571. The van der Waals surface area contributed by atoms with Gasteiger partial charge in [-0.2, -0.15) is 0 Å². The molecule has 0 amide bonds. The number of nitrogens with two attached hydrogens (primary N) is 1. The van der Waals surface area contributed by atoms with Crippen molar-refractivity contribution in [2.24, 2.45) is 5.73 Å². The highest BCUT2D eigenvalue weighted by molar-refractivity contribution is 5.45. The van der Waals surface area contributed by atoms with Crippen molar-refractivity contribution >= 4 is 5.69 Å². The van der Waals surface area contributed by atoms with Gasteiger partial charge in [-0.1, -0.05) is 0 Å². The van der Waals surface area contributed by atoms with Gasteiger partial charge in [0.25, 0.3) is 0 Å². The van der Waals surface area contributed by atoms with Crippen LogP contribution < -0.4 is 10.6 Å². The van der Waals surface area contributed by atoms with Crippen LogP contribution in [0.4, 0.5) is 10.1 Å². The van der Waals surface area contributed by atoms with Crippen molar-refractivity contribution in [2.45, 2.75) is 31.8 Å². The molecular formula is C14H23FN2O. The normalized spacial score (nSPS) is 14.3. The third-order valence-electron chi connectivity index (χ3n) is 3.17. The second-order valence-electron chi connectivity index (χ2n) is 5.06. The van der Waals surface area contributed by atoms with Crippen LogP contribution in [0, 0.1) is 5.82 Å². The molecule has 0 aliphatic heterocycles. The average molecular weight is 254 g/mol. The number of rotatable bonds is 7. The van der Waals surface area contributed by atoms with Crippen molar-refractivity contribution in [1.29, 1.82) is 0 Å². The van der Waals surface area contributed by atoms with Gasteiger partial charge >= 0.3 is 0 Å². The van der Waals surface area contributed by atoms with Crippen LogP contribution in [0.2, 0.25) is 0 Å². The average Bonchev–Trinajstić information content (AvgIpc) is 2.35. The smallest absolute Gasteiger partial charge is 0.123 e. The number of halogens is 1. The molecule has 4 heteroatoms. The van der Waals surface area contributed by atoms with Gasteiger partial charge in [0.2, 0.25) is 0 Å². The van der Waals surface area contributed by atoms with Crippen LogP contribution in [0.25, 0.3) is 0 Å². The van der Waals surface area contributed by atoms with Crippen LogP contribution in [0.15, 0.2) is 24.3 Å². The van der Waals surface area contributed by atoms with E-state index < -0.39 is 5.60 Å². The number of unbranched alkanes of at least 4 members (excludes halogenated alkanes) is 1. The molecule has 1 atom stereocenters. The predicted octanol–water partition coefficient (Wildman–Crippen LogP) is 2.14. The fourth-order valence-electron chi connectivity index (χ4n) is 1.78. The summed E-state index contributed by atoms with van der Waals surface area (Å²) in [4.78, 5) is 2.08. The molecule has 3 nitrogen and oxygen atoms in total. The number of benzene rings is 1. The number of hydrogen-bond acceptors (Lipinski definition) is 3. The molecule has 0 heterocycles. The Hall–Kier alpha value is -1.13. The summed E-state index contributed by atoms with van der Waals surface area (Å²) >= 11 is 0. The molecule has 0 aromatic heterocycles. The monoisotopic (exact) mass is 254 g/mol. The summed E-state index contributed by atoms with van der Waals surface area (Å²) in [6, 6.07) is 6.47. The lowest BCUT2D eigenvalue weighted by atomic mass is 9.99. The van der Waals surface area contributed by atoms with Gasteiger partial charge in [-0.15, -0.1) is 0 Å². The van der Waals surface area contributed by atoms with Crippen molar-refractivity contribution in [2.75, 3.05) is 25.0 Å². The largest absolute Gasteiger partial charge is 0.389 e. The number of hydrogen-bond donors (Lipinski definition) is 2. The summed E-state index contributed by atoms with van der Waals surface area (Å²) < 4.78 is 12.8. The molecule has 102 valence electrons. The summed E-state index contributed by atoms with van der Waals surface area (Å²) in [5.41, 5.74) is 5.70. The van der Waals surface area contributed by atoms with Crippen LogP contribution in [-0.4, -0.2) is 30.8 Å². The van der Waals surface area contributed by atoms with E-state index in [1.165, 1.54) is 12.1 Å². The maximum Gasteiger partial charge on any atom is 0.123 e. The van der Waals surface area contributed by atoms with Crippen LogP contribution in [0.3, 0.4) is 0 Å². The molecule has 0 aliphatic rings. The van der Waals surface area contributed by atoms with Crippen molar-refractivity contribution in [3.05, 3.63) is 30.1 Å². The molecule has 1 unspecified atom stereocenters. The van der Waals surface area contributed by atoms with Crippen molar-refractivity contribution in [3.8, 4) is 0 Å². The molecule has 0 saturated carbocycles. The highest BCUT2D eigenvalue weighted by atomic mass is 19.1. The quantitative estimate of drug-likeness (QED) is 0.733. The topological polar surface area (TPSA) is 49.5 Å². The summed E-state index contributed by atoms with van der Waals surface area (Å²) in [6.07, 6.45) is 2.61. The van der Waals surface area contributed by atoms with E-state index in [9.17, 15) is 9.50 Å². The molecule has 0 aliphatic carbocycles. The Balaban J connectivity index is 2.29. The lowest BCUT2D eigenvalue weighted by Crippen LogP contribution is -2.34. The number of nitrogens with zero attached hydrogens (tertiary/aromatic N) is 1. The second-order valence-corrected chi connectivity index (χ2v) is 5.06. The van der Waals surface area contributed by atoms with Gasteiger partial charge in [0.15, 0.2) is 0 Å². The van der Waals surface area contributed by atoms with Gasteiger partial charge < -0.3 is 15.7 Å². The van der Waals surface area contributed by atoms with Gasteiger partial charge in [0, 0.05) is 25.8 Å². The van der Waals surface area contributed by atoms with E-state index in [1.54, 1.807) is 19.1 Å². The maximum atomic E-state index is 12.8. The molecule has 1 rings (SSSR count). The standard InChI is InChI=1S/C14H23FN2O/c1-14(18,11-16)9-3-4-10-17(2)13-7-5-12(15)6-8-13/h5-8,18H,3-4,9-11,16H2,1-2H3. The third-order valence-corrected chi connectivity index (χ3v) is 3.17. The zero-order valence-electron chi connectivity index (χ0n) is 11.2. The Morgan fingerprint density at radius 1 is 1.28 bits per heavy atom. The highest BCUT2D eigenvalue weighted by Gasteiger charge is 2.16. The van der Waals surface area contributed by atoms with E-state index in [0.717, 1.165) is 25.1 Å². The van der Waals surface area contributed by atoms with Gasteiger partial charge in [-0.25, -0.2) is 4.39 Å². The predicted molar refractivity (Wildman–Crippen MR) is 73.2 cm³/mol. The van der Waals surface area contributed by atoms with E-state index in [0.29, 0.717) is 13.0 Å². The molecule has 1 aromatic rings. The first-order chi connectivity index (χ1) is 8.44. The molecule has 0 radical (unpaired) electrons. The first-order valence-corrected chi connectivity index (χ1v) is 6.34. The van der Waals surface area contributed by atoms with E-state index in [-0.39, 0.29) is 5.82 Å². The summed E-state index contributed by atoms with van der Waals surface area (Å²) in [6.45, 7) is 2.93. The Bertz CT molecular complexity index is 351. The van der Waals surface area contributed by atoms with Crippen LogP contribution in [-0.2, 0) is 0 Å². The molecule has 0 spiro atoms. The first-order valence-electron chi connectivity index (χ1n) is 6.34. The Morgan fingerprint density at radius 2 is 1.89 bits per heavy atom. The maximum absolute atomic E-state index is 12.8. The molecule has 0 bridgehead atoms. The SMILES string of the molecule is CN(CCCCC(C)(O)CN)c1ccc(F)cc1. The van der Waals surface area contributed by atoms with Crippen molar-refractivity contribution < 1.29 is 9.50 Å². The van der Waals surface area contributed by atoms with Crippen molar-refractivity contribution in [1.82, 2.24) is 0 Å². The van der Waals surface area contributed by atoms with Crippen LogP contribution in [0.5, 0.6) is 0 Å². The molecule has 1 aromatic carbocycles. The molecule has 18 heavy (non-hydrogen) atoms. The minimum Gasteiger partial charge on any atom is -0.389 e. The fourth-order valence-corrected chi connectivity index (χ4v) is 1.78. The molecule has 0 fully saturated rings. The third kappa shape index (κ3) is 5.02. The highest BCUT2D eigenvalue weighted by Crippen LogP contribution is 2.16. The Kier molecular flexibility index (Phi) is 5.56. The van der Waals surface area contributed by atoms with Gasteiger partial charge in [-0.3, -0.25) is 0 Å². The summed E-state index contributed by atoms with van der Waals surface area (Å²) in [5.74, 6) is -0.217. The zero-order chi connectivity index (χ0) is 13.6. The van der Waals surface area contributed by atoms with Gasteiger partial charge in [0.05, 0.1) is 5.60 Å². The lowest BCUT2D eigenvalue weighted by Gasteiger charge is -2.22. The van der Waals surface area contributed by atoms with E-state index in [4.69, 9.17) is 5.73 Å². The molecule has 0 saturated heterocycles. The van der Waals surface area contributed by atoms with Gasteiger partial charge in [-0.05, 0) is 50.5 Å². The van der Waals surface area contributed by atoms with Gasteiger partial charge in [0.1, 0.15) is 5.82 Å². The minimum atomic E-state index is -0.756. The summed E-state index contributed by atoms with van der Waals surface area (Å²) in [5, 5.41) is 9.76. The number of aliphatic hydroxyl groups is 1. The first kappa shape index (κ1) is 14.9. The Morgan fingerprint density at radius 3 is 2.44 bits per heavy atom. The molecule has 3 N–H and O–H groups in total. The number of anilines is 1. The van der Waals surface area contributed by atoms with E-state index in [2.05, 4.69) is 4.90 Å². The minimum absolute atomic E-state index is 0.217. The van der Waals surface area contributed by atoms with E-state index >= 15 is 0 Å². The molecular weight excluding hydrogens is 231 g/mol. The van der Waals surface area contributed by atoms with Crippen molar-refractivity contribution in [3.63, 3.8) is 0 Å². The van der Waals surface area contributed by atoms with Crippen LogP contribution in [0.1, 0.15) is 26.2 Å². The zero-order valence-corrected chi connectivity index (χ0v) is 11.2. The summed E-state index contributed by atoms with van der Waals surface area (Å²) in [7, 11) is 1.98. The second kappa shape index (κ2) is 6.71. The Labute approximate surface area is 108 Å². The lowest BCUT2D eigenvalue weighted by molar-refractivity contribution is 0.0575.